The second kappa shape index (κ2) is 9.88. The van der Waals surface area contributed by atoms with Gasteiger partial charge in [-0.15, -0.1) is 0 Å². The van der Waals surface area contributed by atoms with Crippen LogP contribution in [0.15, 0.2) is 53.3 Å². The van der Waals surface area contributed by atoms with E-state index in [0.717, 1.165) is 57.7 Å². The number of carbonyl (C=O) groups excluding carboxylic acids is 1. The van der Waals surface area contributed by atoms with Gasteiger partial charge in [-0.25, -0.2) is 4.98 Å². The van der Waals surface area contributed by atoms with Gasteiger partial charge in [-0.05, 0) is 49.6 Å². The van der Waals surface area contributed by atoms with E-state index in [1.807, 2.05) is 6.07 Å². The van der Waals surface area contributed by atoms with Crippen LogP contribution in [-0.4, -0.2) is 40.0 Å². The Kier molecular flexibility index (Phi) is 6.77. The van der Waals surface area contributed by atoms with E-state index in [0.29, 0.717) is 23.0 Å². The van der Waals surface area contributed by atoms with Crippen molar-refractivity contribution in [2.45, 2.75) is 45.7 Å². The number of benzene rings is 2. The van der Waals surface area contributed by atoms with E-state index < -0.39 is 0 Å². The molecule has 1 aliphatic heterocycles. The van der Waals surface area contributed by atoms with Crippen molar-refractivity contribution in [1.82, 2.24) is 19.8 Å². The van der Waals surface area contributed by atoms with Crippen LogP contribution in [0.3, 0.4) is 0 Å². The van der Waals surface area contributed by atoms with E-state index in [1.54, 1.807) is 22.8 Å². The van der Waals surface area contributed by atoms with E-state index in [1.165, 1.54) is 5.56 Å². The third-order valence-electron chi connectivity index (χ3n) is 5.96. The van der Waals surface area contributed by atoms with Crippen molar-refractivity contribution in [3.05, 3.63) is 75.8 Å². The average molecular weight is 419 g/mol. The van der Waals surface area contributed by atoms with Crippen molar-refractivity contribution in [3.63, 3.8) is 0 Å². The van der Waals surface area contributed by atoms with Gasteiger partial charge in [0.15, 0.2) is 0 Å². The Morgan fingerprint density at radius 2 is 2.00 bits per heavy atom. The molecule has 0 aliphatic carbocycles. The van der Waals surface area contributed by atoms with Gasteiger partial charge in [0, 0.05) is 38.2 Å². The van der Waals surface area contributed by atoms with Crippen LogP contribution in [0.1, 0.15) is 47.9 Å². The third kappa shape index (κ3) is 5.02. The number of fused-ring (bicyclic) bond motifs is 2. The standard InChI is InChI=1S/C25H30N4O2/c1-2-28(18-19-9-4-3-5-10-19)15-8-14-26-24(30)20-12-13-21-22(17-20)27-23-11-6-7-16-29(23)25(21)31/h3-5,9-10,12-13,17H,2,6-8,11,14-16,18H2,1H3,(H,26,30). The van der Waals surface area contributed by atoms with E-state index in [2.05, 4.69) is 46.4 Å². The average Bonchev–Trinajstić information content (AvgIpc) is 2.81. The lowest BCUT2D eigenvalue weighted by Gasteiger charge is -2.20. The second-order valence-electron chi connectivity index (χ2n) is 8.14. The summed E-state index contributed by atoms with van der Waals surface area (Å²) in [6.07, 6.45) is 3.77. The highest BCUT2D eigenvalue weighted by atomic mass is 16.1. The zero-order chi connectivity index (χ0) is 21.6. The minimum absolute atomic E-state index is 0.00438. The Balaban J connectivity index is 1.34. The quantitative estimate of drug-likeness (QED) is 0.570. The first-order valence-corrected chi connectivity index (χ1v) is 11.2. The number of nitrogens with zero attached hydrogens (tertiary/aromatic N) is 3. The largest absolute Gasteiger partial charge is 0.352 e. The number of nitrogens with one attached hydrogen (secondary N) is 1. The van der Waals surface area contributed by atoms with Crippen LogP contribution in [0.25, 0.3) is 10.9 Å². The third-order valence-corrected chi connectivity index (χ3v) is 5.96. The summed E-state index contributed by atoms with van der Waals surface area (Å²) in [7, 11) is 0. The Labute approximate surface area is 182 Å². The van der Waals surface area contributed by atoms with Crippen LogP contribution in [0.5, 0.6) is 0 Å². The summed E-state index contributed by atoms with van der Waals surface area (Å²) in [6, 6.07) is 15.6. The van der Waals surface area contributed by atoms with Crippen molar-refractivity contribution >= 4 is 16.8 Å². The maximum atomic E-state index is 12.7. The summed E-state index contributed by atoms with van der Waals surface area (Å²) in [4.78, 5) is 32.4. The van der Waals surface area contributed by atoms with Gasteiger partial charge in [-0.2, -0.15) is 0 Å². The SMILES string of the molecule is CCN(CCCNC(=O)c1ccc2c(=O)n3c(nc2c1)CCCC3)Cc1ccccc1. The Morgan fingerprint density at radius 1 is 1.16 bits per heavy atom. The van der Waals surface area contributed by atoms with E-state index in [4.69, 9.17) is 0 Å². The first kappa shape index (κ1) is 21.2. The molecular formula is C25H30N4O2. The van der Waals surface area contributed by atoms with Gasteiger partial charge in [0.25, 0.3) is 11.5 Å². The summed E-state index contributed by atoms with van der Waals surface area (Å²) >= 11 is 0. The molecule has 0 fully saturated rings. The van der Waals surface area contributed by atoms with Crippen LogP contribution >= 0.6 is 0 Å². The van der Waals surface area contributed by atoms with Crippen molar-refractivity contribution in [2.75, 3.05) is 19.6 Å². The van der Waals surface area contributed by atoms with Crippen LogP contribution in [0, 0.1) is 0 Å². The maximum Gasteiger partial charge on any atom is 0.261 e. The summed E-state index contributed by atoms with van der Waals surface area (Å²) in [5, 5.41) is 3.59. The van der Waals surface area contributed by atoms with Crippen LogP contribution in [0.4, 0.5) is 0 Å². The molecule has 1 amide bonds. The molecule has 6 heteroatoms. The molecule has 0 bridgehead atoms. The van der Waals surface area contributed by atoms with E-state index >= 15 is 0 Å². The molecule has 162 valence electrons. The van der Waals surface area contributed by atoms with Gasteiger partial charge in [0.05, 0.1) is 10.9 Å². The maximum absolute atomic E-state index is 12.7. The van der Waals surface area contributed by atoms with Crippen molar-refractivity contribution in [3.8, 4) is 0 Å². The Hall–Kier alpha value is -2.99. The van der Waals surface area contributed by atoms with Crippen molar-refractivity contribution < 1.29 is 4.79 Å². The highest BCUT2D eigenvalue weighted by Crippen LogP contribution is 2.16. The van der Waals surface area contributed by atoms with Gasteiger partial charge in [0.2, 0.25) is 0 Å². The molecule has 0 spiro atoms. The molecular weight excluding hydrogens is 388 g/mol. The van der Waals surface area contributed by atoms with E-state index in [-0.39, 0.29) is 11.5 Å². The minimum atomic E-state index is -0.118. The summed E-state index contributed by atoms with van der Waals surface area (Å²) in [6.45, 7) is 6.32. The number of rotatable bonds is 8. The van der Waals surface area contributed by atoms with Crippen LogP contribution in [0.2, 0.25) is 0 Å². The van der Waals surface area contributed by atoms with Crippen LogP contribution < -0.4 is 10.9 Å². The fourth-order valence-corrected chi connectivity index (χ4v) is 4.18. The van der Waals surface area contributed by atoms with Crippen molar-refractivity contribution in [1.29, 1.82) is 0 Å². The lowest BCUT2D eigenvalue weighted by atomic mass is 10.1. The molecule has 0 radical (unpaired) electrons. The molecule has 2 aromatic carbocycles. The molecule has 1 aliphatic rings. The zero-order valence-corrected chi connectivity index (χ0v) is 18.1. The van der Waals surface area contributed by atoms with Gasteiger partial charge < -0.3 is 5.32 Å². The molecule has 0 saturated heterocycles. The minimum Gasteiger partial charge on any atom is -0.352 e. The summed E-state index contributed by atoms with van der Waals surface area (Å²) in [5.41, 5.74) is 2.47. The molecule has 0 saturated carbocycles. The lowest BCUT2D eigenvalue weighted by Crippen LogP contribution is -2.30. The molecule has 31 heavy (non-hydrogen) atoms. The highest BCUT2D eigenvalue weighted by molar-refractivity contribution is 5.97. The van der Waals surface area contributed by atoms with Crippen molar-refractivity contribution in [2.24, 2.45) is 0 Å². The molecule has 2 heterocycles. The molecule has 0 atom stereocenters. The molecule has 1 N–H and O–H groups in total. The van der Waals surface area contributed by atoms with Gasteiger partial charge in [-0.1, -0.05) is 37.3 Å². The fourth-order valence-electron chi connectivity index (χ4n) is 4.18. The zero-order valence-electron chi connectivity index (χ0n) is 18.1. The number of aromatic nitrogens is 2. The summed E-state index contributed by atoms with van der Waals surface area (Å²) in [5.74, 6) is 0.715. The molecule has 0 unspecified atom stereocenters. The van der Waals surface area contributed by atoms with Gasteiger partial charge >= 0.3 is 0 Å². The predicted octanol–water partition coefficient (Wildman–Crippen LogP) is 3.37. The molecule has 3 aromatic rings. The van der Waals surface area contributed by atoms with Gasteiger partial charge in [0.1, 0.15) is 5.82 Å². The lowest BCUT2D eigenvalue weighted by molar-refractivity contribution is 0.0951. The smallest absolute Gasteiger partial charge is 0.261 e. The molecule has 4 rings (SSSR count). The van der Waals surface area contributed by atoms with E-state index in [9.17, 15) is 9.59 Å². The monoisotopic (exact) mass is 418 g/mol. The number of hydrogen-bond donors (Lipinski definition) is 1. The fraction of sp³-hybridized carbons (Fsp3) is 0.400. The topological polar surface area (TPSA) is 67.2 Å². The predicted molar refractivity (Wildman–Crippen MR) is 123 cm³/mol. The number of amides is 1. The Morgan fingerprint density at radius 3 is 2.81 bits per heavy atom. The highest BCUT2D eigenvalue weighted by Gasteiger charge is 2.16. The first-order valence-electron chi connectivity index (χ1n) is 11.2. The number of carbonyl (C=O) groups is 1. The molecule has 6 nitrogen and oxygen atoms in total. The first-order chi connectivity index (χ1) is 15.2. The second-order valence-corrected chi connectivity index (χ2v) is 8.14. The Bertz CT molecular complexity index is 1110. The van der Waals surface area contributed by atoms with Crippen LogP contribution in [-0.2, 0) is 19.5 Å². The summed E-state index contributed by atoms with van der Waals surface area (Å²) < 4.78 is 1.78. The number of hydrogen-bond acceptors (Lipinski definition) is 4. The molecule has 1 aromatic heterocycles. The number of aryl methyl sites for hydroxylation is 1. The van der Waals surface area contributed by atoms with Gasteiger partial charge in [-0.3, -0.25) is 19.1 Å². The normalized spacial score (nSPS) is 13.4.